The van der Waals surface area contributed by atoms with E-state index in [0.29, 0.717) is 16.7 Å². The van der Waals surface area contributed by atoms with Gasteiger partial charge in [0.25, 0.3) is 5.91 Å². The molecule has 5 rings (SSSR count). The fourth-order valence-electron chi connectivity index (χ4n) is 5.88. The van der Waals surface area contributed by atoms with Crippen LogP contribution in [0.25, 0.3) is 10.8 Å². The molecule has 4 aromatic carbocycles. The third-order valence-electron chi connectivity index (χ3n) is 8.57. The molecule has 1 fully saturated rings. The Morgan fingerprint density at radius 1 is 0.860 bits per heavy atom. The van der Waals surface area contributed by atoms with Gasteiger partial charge in [-0.05, 0) is 40.5 Å². The minimum absolute atomic E-state index is 0.0292. The molecule has 7 N–H and O–H groups in total. The molecular weight excluding hydrogens is 644 g/mol. The van der Waals surface area contributed by atoms with Gasteiger partial charge in [-0.2, -0.15) is 0 Å². The highest BCUT2D eigenvalue weighted by atomic mass is 16.4. The van der Waals surface area contributed by atoms with Crippen LogP contribution in [-0.2, 0) is 36.1 Å². The van der Waals surface area contributed by atoms with Gasteiger partial charge in [-0.15, -0.1) is 0 Å². The third-order valence-corrected chi connectivity index (χ3v) is 8.57. The Hall–Kier alpha value is -6.57. The molecule has 0 aliphatic carbocycles. The zero-order chi connectivity index (χ0) is 36.2. The van der Waals surface area contributed by atoms with Crippen molar-refractivity contribution in [1.82, 2.24) is 20.4 Å². The van der Waals surface area contributed by atoms with Crippen molar-refractivity contribution in [1.29, 1.82) is 5.41 Å². The number of carbonyl (C=O) groups is 6. The largest absolute Gasteiger partial charge is 0.481 e. The second kappa shape index (κ2) is 14.3. The van der Waals surface area contributed by atoms with Crippen molar-refractivity contribution in [2.24, 2.45) is 5.73 Å². The summed E-state index contributed by atoms with van der Waals surface area (Å²) >= 11 is 0. The van der Waals surface area contributed by atoms with Crippen LogP contribution in [0.15, 0.2) is 97.1 Å². The van der Waals surface area contributed by atoms with Gasteiger partial charge in [0.1, 0.15) is 24.0 Å². The van der Waals surface area contributed by atoms with Crippen molar-refractivity contribution in [3.63, 3.8) is 0 Å². The number of nitrogen functional groups attached to an aromatic ring is 1. The number of hydrogen-bond donors (Lipinski definition) is 6. The first-order valence-electron chi connectivity index (χ1n) is 15.4. The van der Waals surface area contributed by atoms with Gasteiger partial charge < -0.3 is 31.5 Å². The first-order chi connectivity index (χ1) is 23.8. The topological polar surface area (TPSA) is 223 Å². The maximum absolute atomic E-state index is 14.2. The van der Waals surface area contributed by atoms with Crippen LogP contribution in [0.3, 0.4) is 0 Å². The van der Waals surface area contributed by atoms with Crippen LogP contribution < -0.4 is 16.4 Å². The number of nitrogens with two attached hydrogens (primary N) is 1. The molecule has 0 saturated carbocycles. The molecule has 1 heterocycles. The number of carboxylic acid groups (broad SMARTS) is 2. The van der Waals surface area contributed by atoms with Crippen molar-refractivity contribution in [3.05, 3.63) is 119 Å². The van der Waals surface area contributed by atoms with Crippen molar-refractivity contribution in [2.45, 2.75) is 37.5 Å². The SMILES string of the molecule is C[C@]1(c2ccc(C(=N)N)cc2)C(=O)N(CC(=O)N[C@@H](CC(=O)O)C(=O)N[C@H](C(=O)O)c2ccccc2)C(=O)N1Cc1ccc2ccccc2c1. The van der Waals surface area contributed by atoms with E-state index in [4.69, 9.17) is 11.1 Å². The Kier molecular flexibility index (Phi) is 9.92. The zero-order valence-corrected chi connectivity index (χ0v) is 26.8. The maximum Gasteiger partial charge on any atom is 0.330 e. The molecule has 50 heavy (non-hydrogen) atoms. The molecule has 1 aliphatic heterocycles. The van der Waals surface area contributed by atoms with Crippen LogP contribution in [0.4, 0.5) is 4.79 Å². The van der Waals surface area contributed by atoms with E-state index in [2.05, 4.69) is 10.6 Å². The van der Waals surface area contributed by atoms with Gasteiger partial charge in [0.05, 0.1) is 6.42 Å². The third kappa shape index (κ3) is 7.13. The van der Waals surface area contributed by atoms with Crippen LogP contribution in [0.1, 0.15) is 41.6 Å². The van der Waals surface area contributed by atoms with E-state index < -0.39 is 66.3 Å². The molecule has 0 bridgehead atoms. The number of aliphatic carboxylic acids is 2. The summed E-state index contributed by atoms with van der Waals surface area (Å²) in [7, 11) is 0. The summed E-state index contributed by atoms with van der Waals surface area (Å²) in [5, 5.41) is 33.3. The fourth-order valence-corrected chi connectivity index (χ4v) is 5.88. The number of fused-ring (bicyclic) bond motifs is 1. The first kappa shape index (κ1) is 34.8. The Balaban J connectivity index is 1.41. The van der Waals surface area contributed by atoms with Gasteiger partial charge in [0.2, 0.25) is 11.8 Å². The summed E-state index contributed by atoms with van der Waals surface area (Å²) in [5.74, 6) is -5.96. The summed E-state index contributed by atoms with van der Waals surface area (Å²) < 4.78 is 0. The summed E-state index contributed by atoms with van der Waals surface area (Å²) in [4.78, 5) is 80.3. The fraction of sp³-hybridized carbons (Fsp3) is 0.194. The highest BCUT2D eigenvalue weighted by Gasteiger charge is 2.55. The van der Waals surface area contributed by atoms with E-state index >= 15 is 0 Å². The number of carbonyl (C=O) groups excluding carboxylic acids is 4. The van der Waals surface area contributed by atoms with Crippen molar-refractivity contribution >= 4 is 52.3 Å². The zero-order valence-electron chi connectivity index (χ0n) is 26.8. The number of amides is 5. The van der Waals surface area contributed by atoms with Gasteiger partial charge in [-0.25, -0.2) is 9.59 Å². The second-order valence-corrected chi connectivity index (χ2v) is 11.9. The standard InChI is InChI=1S/C36H34N6O8/c1-36(26-15-13-24(14-16-26)31(37)38)34(49)41(35(50)42(36)19-21-11-12-22-7-5-6-10-25(22)17-21)20-28(43)39-27(18-29(44)45)32(46)40-30(33(47)48)23-8-3-2-4-9-23/h2-17,27,30H,18-20H2,1H3,(H3,37,38)(H,39,43)(H,40,46)(H,44,45)(H,47,48)/t27-,30-,36-/m0/s1. The van der Waals surface area contributed by atoms with Crippen LogP contribution in [0.2, 0.25) is 0 Å². The smallest absolute Gasteiger partial charge is 0.330 e. The minimum Gasteiger partial charge on any atom is -0.481 e. The normalized spacial score (nSPS) is 16.9. The van der Waals surface area contributed by atoms with Crippen LogP contribution in [0, 0.1) is 5.41 Å². The summed E-state index contributed by atoms with van der Waals surface area (Å²) in [6.45, 7) is 0.640. The number of hydrogen-bond acceptors (Lipinski definition) is 7. The number of benzene rings is 4. The van der Waals surface area contributed by atoms with E-state index in [0.717, 1.165) is 15.7 Å². The molecule has 3 atom stereocenters. The molecule has 0 unspecified atom stereocenters. The average molecular weight is 679 g/mol. The molecule has 0 radical (unpaired) electrons. The first-order valence-corrected chi connectivity index (χ1v) is 15.4. The Labute approximate surface area is 286 Å². The van der Waals surface area contributed by atoms with Gasteiger partial charge in [-0.1, -0.05) is 91.0 Å². The molecule has 14 heteroatoms. The number of imide groups is 1. The van der Waals surface area contributed by atoms with E-state index in [1.54, 1.807) is 42.5 Å². The Bertz CT molecular complexity index is 2000. The lowest BCUT2D eigenvalue weighted by molar-refractivity contribution is -0.144. The van der Waals surface area contributed by atoms with Gasteiger partial charge in [-0.3, -0.25) is 29.5 Å². The summed E-state index contributed by atoms with van der Waals surface area (Å²) in [6, 6.07) is 23.0. The summed E-state index contributed by atoms with van der Waals surface area (Å²) in [6.07, 6.45) is -0.908. The van der Waals surface area contributed by atoms with E-state index in [1.165, 1.54) is 24.0 Å². The molecule has 1 saturated heterocycles. The number of nitrogens with one attached hydrogen (secondary N) is 3. The second-order valence-electron chi connectivity index (χ2n) is 11.9. The predicted octanol–water partition coefficient (Wildman–Crippen LogP) is 2.71. The Morgan fingerprint density at radius 3 is 2.12 bits per heavy atom. The minimum atomic E-state index is -1.74. The number of amidine groups is 1. The molecule has 0 aromatic heterocycles. The monoisotopic (exact) mass is 678 g/mol. The number of rotatable bonds is 13. The van der Waals surface area contributed by atoms with Crippen LogP contribution in [-0.4, -0.2) is 74.1 Å². The van der Waals surface area contributed by atoms with E-state index in [9.17, 15) is 39.0 Å². The molecule has 256 valence electrons. The lowest BCUT2D eigenvalue weighted by atomic mass is 9.89. The van der Waals surface area contributed by atoms with Crippen LogP contribution in [0.5, 0.6) is 0 Å². The molecule has 14 nitrogen and oxygen atoms in total. The number of nitrogens with zero attached hydrogens (tertiary/aromatic N) is 2. The van der Waals surface area contributed by atoms with E-state index in [-0.39, 0.29) is 17.9 Å². The summed E-state index contributed by atoms with van der Waals surface area (Å²) in [5.41, 5.74) is 5.68. The molecular formula is C36H34N6O8. The number of urea groups is 1. The highest BCUT2D eigenvalue weighted by molar-refractivity contribution is 6.09. The lowest BCUT2D eigenvalue weighted by Crippen LogP contribution is -2.52. The van der Waals surface area contributed by atoms with Gasteiger partial charge in [0.15, 0.2) is 6.04 Å². The number of carboxylic acids is 2. The molecule has 0 spiro atoms. The molecule has 1 aliphatic rings. The molecule has 5 amide bonds. The van der Waals surface area contributed by atoms with Crippen molar-refractivity contribution in [2.75, 3.05) is 6.54 Å². The van der Waals surface area contributed by atoms with Crippen molar-refractivity contribution in [3.8, 4) is 0 Å². The Morgan fingerprint density at radius 2 is 1.50 bits per heavy atom. The predicted molar refractivity (Wildman–Crippen MR) is 181 cm³/mol. The lowest BCUT2D eigenvalue weighted by Gasteiger charge is -2.32. The van der Waals surface area contributed by atoms with Crippen LogP contribution >= 0.6 is 0 Å². The highest BCUT2D eigenvalue weighted by Crippen LogP contribution is 2.39. The average Bonchev–Trinajstić information content (AvgIpc) is 3.27. The maximum atomic E-state index is 14.2. The van der Waals surface area contributed by atoms with Gasteiger partial charge in [0, 0.05) is 12.1 Å². The van der Waals surface area contributed by atoms with E-state index in [1.807, 2.05) is 42.5 Å². The quantitative estimate of drug-likeness (QED) is 0.0694. The van der Waals surface area contributed by atoms with Crippen molar-refractivity contribution < 1.29 is 39.0 Å². The molecule has 4 aromatic rings. The van der Waals surface area contributed by atoms with Gasteiger partial charge >= 0.3 is 18.0 Å².